The number of anilines is 2. The van der Waals surface area contributed by atoms with Gasteiger partial charge in [0.2, 0.25) is 11.8 Å². The number of nitro benzene ring substituents is 1. The van der Waals surface area contributed by atoms with Crippen LogP contribution in [0.15, 0.2) is 36.4 Å². The lowest BCUT2D eigenvalue weighted by atomic mass is 10.1. The number of hydrogen-bond donors (Lipinski definition) is 2. The molecule has 0 heterocycles. The number of para-hydroxylation sites is 1. The van der Waals surface area contributed by atoms with E-state index in [9.17, 15) is 19.7 Å². The van der Waals surface area contributed by atoms with E-state index in [0.29, 0.717) is 18.3 Å². The highest BCUT2D eigenvalue weighted by Gasteiger charge is 2.30. The quantitative estimate of drug-likeness (QED) is 0.431. The van der Waals surface area contributed by atoms with Crippen molar-refractivity contribution >= 4 is 28.9 Å². The van der Waals surface area contributed by atoms with E-state index in [1.54, 1.807) is 0 Å². The van der Waals surface area contributed by atoms with Gasteiger partial charge in [-0.15, -0.1) is 0 Å². The van der Waals surface area contributed by atoms with Crippen molar-refractivity contribution in [3.63, 3.8) is 0 Å². The molecule has 9 heteroatoms. The first kappa shape index (κ1) is 23.2. The summed E-state index contributed by atoms with van der Waals surface area (Å²) in [7, 11) is 1.43. The van der Waals surface area contributed by atoms with Crippen LogP contribution in [-0.2, 0) is 9.59 Å². The fourth-order valence-electron chi connectivity index (χ4n) is 3.57. The van der Waals surface area contributed by atoms with Crippen molar-refractivity contribution < 1.29 is 19.2 Å². The van der Waals surface area contributed by atoms with Gasteiger partial charge in [-0.05, 0) is 43.9 Å². The molecule has 0 aliphatic heterocycles. The van der Waals surface area contributed by atoms with E-state index in [1.807, 2.05) is 36.9 Å². The number of nitrogens with zero attached hydrogens (tertiary/aromatic N) is 2. The van der Waals surface area contributed by atoms with Gasteiger partial charge in [-0.2, -0.15) is 0 Å². The molecule has 1 fully saturated rings. The topological polar surface area (TPSA) is 114 Å². The molecule has 2 aromatic carbocycles. The van der Waals surface area contributed by atoms with E-state index in [1.165, 1.54) is 25.3 Å². The first-order valence-corrected chi connectivity index (χ1v) is 10.5. The summed E-state index contributed by atoms with van der Waals surface area (Å²) < 4.78 is 5.18. The maximum Gasteiger partial charge on any atom is 0.271 e. The number of nitrogens with one attached hydrogen (secondary N) is 2. The van der Waals surface area contributed by atoms with Crippen molar-refractivity contribution in [1.29, 1.82) is 0 Å². The van der Waals surface area contributed by atoms with Crippen molar-refractivity contribution in [2.24, 2.45) is 0 Å². The summed E-state index contributed by atoms with van der Waals surface area (Å²) in [5.74, 6) is -0.0735. The Morgan fingerprint density at radius 1 is 1.12 bits per heavy atom. The number of ether oxygens (including phenoxy) is 1. The SMILES string of the molecule is COc1ccc([N+](=O)[O-])cc1NC(=O)CCN(CC(=O)Nc1c(C)cccc1C)C1CC1. The minimum absolute atomic E-state index is 0.116. The predicted octanol–water partition coefficient (Wildman–Crippen LogP) is 3.65. The van der Waals surface area contributed by atoms with Crippen molar-refractivity contribution in [2.75, 3.05) is 30.8 Å². The van der Waals surface area contributed by atoms with Gasteiger partial charge in [-0.3, -0.25) is 24.6 Å². The molecule has 9 nitrogen and oxygen atoms in total. The number of nitro groups is 1. The van der Waals surface area contributed by atoms with Crippen LogP contribution in [0.5, 0.6) is 5.75 Å². The summed E-state index contributed by atoms with van der Waals surface area (Å²) in [6, 6.07) is 10.2. The zero-order valence-electron chi connectivity index (χ0n) is 18.5. The first-order chi connectivity index (χ1) is 15.3. The van der Waals surface area contributed by atoms with Crippen LogP contribution in [0.2, 0.25) is 0 Å². The summed E-state index contributed by atoms with van der Waals surface area (Å²) in [5.41, 5.74) is 2.94. The zero-order valence-corrected chi connectivity index (χ0v) is 18.5. The summed E-state index contributed by atoms with van der Waals surface area (Å²) in [6.45, 7) is 4.52. The molecule has 2 amide bonds. The first-order valence-electron chi connectivity index (χ1n) is 10.5. The van der Waals surface area contributed by atoms with Crippen LogP contribution >= 0.6 is 0 Å². The zero-order chi connectivity index (χ0) is 23.3. The molecule has 2 aromatic rings. The lowest BCUT2D eigenvalue weighted by molar-refractivity contribution is -0.384. The average molecular weight is 441 g/mol. The molecule has 32 heavy (non-hydrogen) atoms. The lowest BCUT2D eigenvalue weighted by Gasteiger charge is -2.22. The van der Waals surface area contributed by atoms with Crippen molar-refractivity contribution in [3.05, 3.63) is 57.6 Å². The largest absolute Gasteiger partial charge is 0.495 e. The number of carbonyl (C=O) groups is 2. The molecule has 170 valence electrons. The Hall–Kier alpha value is -3.46. The third-order valence-corrected chi connectivity index (χ3v) is 5.45. The monoisotopic (exact) mass is 440 g/mol. The van der Waals surface area contributed by atoms with Crippen LogP contribution in [0.3, 0.4) is 0 Å². The van der Waals surface area contributed by atoms with Gasteiger partial charge in [0.05, 0.1) is 24.3 Å². The molecule has 0 bridgehead atoms. The molecule has 1 saturated carbocycles. The number of carbonyl (C=O) groups excluding carboxylic acids is 2. The Morgan fingerprint density at radius 2 is 1.81 bits per heavy atom. The van der Waals surface area contributed by atoms with Crippen LogP contribution in [0.25, 0.3) is 0 Å². The number of non-ortho nitro benzene ring substituents is 1. The molecule has 0 spiro atoms. The Labute approximate surface area is 186 Å². The standard InChI is InChI=1S/C23H28N4O5/c1-15-5-4-6-16(2)23(15)25-22(29)14-26(17-7-8-17)12-11-21(28)24-19-13-18(27(30)31)9-10-20(19)32-3/h4-6,9-10,13,17H,7-8,11-12,14H2,1-3H3,(H,24,28)(H,25,29). The minimum atomic E-state index is -0.529. The maximum atomic E-state index is 12.6. The highest BCUT2D eigenvalue weighted by molar-refractivity contribution is 5.94. The van der Waals surface area contributed by atoms with E-state index >= 15 is 0 Å². The fraction of sp³-hybridized carbons (Fsp3) is 0.391. The average Bonchev–Trinajstić information content (AvgIpc) is 3.59. The second-order valence-corrected chi connectivity index (χ2v) is 7.96. The van der Waals surface area contributed by atoms with Gasteiger partial charge in [0.1, 0.15) is 5.75 Å². The molecule has 1 aliphatic carbocycles. The molecular weight excluding hydrogens is 412 g/mol. The smallest absolute Gasteiger partial charge is 0.271 e. The summed E-state index contributed by atoms with van der Waals surface area (Å²) >= 11 is 0. The summed E-state index contributed by atoms with van der Waals surface area (Å²) in [6.07, 6.45) is 2.15. The van der Waals surface area contributed by atoms with Gasteiger partial charge >= 0.3 is 0 Å². The number of hydrogen-bond acceptors (Lipinski definition) is 6. The number of benzene rings is 2. The van der Waals surface area contributed by atoms with Crippen LogP contribution in [0, 0.1) is 24.0 Å². The Kier molecular flexibility index (Phi) is 7.42. The van der Waals surface area contributed by atoms with Gasteiger partial charge in [0.15, 0.2) is 0 Å². The van der Waals surface area contributed by atoms with Crippen molar-refractivity contribution in [1.82, 2.24) is 4.90 Å². The van der Waals surface area contributed by atoms with Crippen molar-refractivity contribution in [2.45, 2.75) is 39.2 Å². The highest BCUT2D eigenvalue weighted by Crippen LogP contribution is 2.30. The fourth-order valence-corrected chi connectivity index (χ4v) is 3.57. The lowest BCUT2D eigenvalue weighted by Crippen LogP contribution is -2.37. The number of methoxy groups -OCH3 is 1. The maximum absolute atomic E-state index is 12.6. The van der Waals surface area contributed by atoms with Crippen LogP contribution in [0.1, 0.15) is 30.4 Å². The van der Waals surface area contributed by atoms with Gasteiger partial charge in [0.25, 0.3) is 5.69 Å². The van der Waals surface area contributed by atoms with Crippen LogP contribution < -0.4 is 15.4 Å². The number of aryl methyl sites for hydroxylation is 2. The Morgan fingerprint density at radius 3 is 2.41 bits per heavy atom. The summed E-state index contributed by atoms with van der Waals surface area (Å²) in [5, 5.41) is 16.7. The third kappa shape index (κ3) is 6.04. The van der Waals surface area contributed by atoms with E-state index in [0.717, 1.165) is 29.7 Å². The van der Waals surface area contributed by atoms with Crippen LogP contribution in [0.4, 0.5) is 17.1 Å². The molecule has 1 aliphatic rings. The molecule has 3 rings (SSSR count). The molecule has 0 saturated heterocycles. The predicted molar refractivity (Wildman–Crippen MR) is 122 cm³/mol. The van der Waals surface area contributed by atoms with Crippen LogP contribution in [-0.4, -0.2) is 47.9 Å². The van der Waals surface area contributed by atoms with Gasteiger partial charge < -0.3 is 15.4 Å². The van der Waals surface area contributed by atoms with E-state index in [4.69, 9.17) is 4.74 Å². The Bertz CT molecular complexity index is 999. The Balaban J connectivity index is 1.58. The normalized spacial score (nSPS) is 13.0. The molecule has 0 atom stereocenters. The summed E-state index contributed by atoms with van der Waals surface area (Å²) in [4.78, 5) is 37.7. The van der Waals surface area contributed by atoms with E-state index < -0.39 is 4.92 Å². The molecule has 2 N–H and O–H groups in total. The van der Waals surface area contributed by atoms with E-state index in [-0.39, 0.29) is 36.2 Å². The van der Waals surface area contributed by atoms with Gasteiger partial charge in [0, 0.05) is 36.8 Å². The van der Waals surface area contributed by atoms with Crippen molar-refractivity contribution in [3.8, 4) is 5.75 Å². The molecule has 0 radical (unpaired) electrons. The highest BCUT2D eigenvalue weighted by atomic mass is 16.6. The van der Waals surface area contributed by atoms with E-state index in [2.05, 4.69) is 10.6 Å². The molecule has 0 aromatic heterocycles. The number of rotatable bonds is 10. The van der Waals surface area contributed by atoms with Gasteiger partial charge in [-0.25, -0.2) is 0 Å². The van der Waals surface area contributed by atoms with Gasteiger partial charge in [-0.1, -0.05) is 18.2 Å². The third-order valence-electron chi connectivity index (χ3n) is 5.45. The minimum Gasteiger partial charge on any atom is -0.495 e. The molecular formula is C23H28N4O5. The second kappa shape index (κ2) is 10.2. The number of amides is 2. The molecule has 0 unspecified atom stereocenters. The second-order valence-electron chi connectivity index (χ2n) is 7.96.